The number of nitrogens with two attached hydrogens (primary N) is 1. The fraction of sp³-hybridized carbons (Fsp3) is 0.278. The highest BCUT2D eigenvalue weighted by Gasteiger charge is 2.14. The highest BCUT2D eigenvalue weighted by atomic mass is 16.5. The van der Waals surface area contributed by atoms with Gasteiger partial charge in [-0.05, 0) is 42.5 Å². The lowest BCUT2D eigenvalue weighted by Crippen LogP contribution is -2.32. The molecule has 22 heavy (non-hydrogen) atoms. The molecule has 0 aliphatic heterocycles. The molecule has 1 atom stereocenters. The second kappa shape index (κ2) is 7.09. The van der Waals surface area contributed by atoms with E-state index in [9.17, 15) is 4.79 Å². The van der Waals surface area contributed by atoms with Crippen molar-refractivity contribution in [2.75, 3.05) is 0 Å². The lowest BCUT2D eigenvalue weighted by Gasteiger charge is -2.15. The lowest BCUT2D eigenvalue weighted by molar-refractivity contribution is -0.138. The van der Waals surface area contributed by atoms with E-state index in [1.54, 1.807) is 0 Å². The van der Waals surface area contributed by atoms with Crippen LogP contribution in [0, 0.1) is 13.8 Å². The zero-order valence-corrected chi connectivity index (χ0v) is 12.9. The number of rotatable bonds is 6. The average Bonchev–Trinajstić information content (AvgIpc) is 2.47. The molecule has 2 rings (SSSR count). The topological polar surface area (TPSA) is 72.6 Å². The Morgan fingerprint density at radius 3 is 2.27 bits per heavy atom. The molecule has 0 saturated carbocycles. The number of ether oxygens (including phenoxy) is 1. The summed E-state index contributed by atoms with van der Waals surface area (Å²) in [5.74, 6) is -0.142. The van der Waals surface area contributed by atoms with Crippen LogP contribution in [-0.2, 0) is 17.8 Å². The Balaban J connectivity index is 2.11. The van der Waals surface area contributed by atoms with Gasteiger partial charge in [-0.25, -0.2) is 0 Å². The molecule has 0 fully saturated rings. The van der Waals surface area contributed by atoms with E-state index >= 15 is 0 Å². The van der Waals surface area contributed by atoms with E-state index in [1.807, 2.05) is 56.3 Å². The van der Waals surface area contributed by atoms with Crippen LogP contribution in [-0.4, -0.2) is 17.1 Å². The van der Waals surface area contributed by atoms with Crippen molar-refractivity contribution < 1.29 is 14.6 Å². The summed E-state index contributed by atoms with van der Waals surface area (Å²) >= 11 is 0. The van der Waals surface area contributed by atoms with Crippen LogP contribution in [0.15, 0.2) is 42.5 Å². The first-order chi connectivity index (χ1) is 10.5. The van der Waals surface area contributed by atoms with Crippen molar-refractivity contribution in [3.05, 3.63) is 64.7 Å². The van der Waals surface area contributed by atoms with E-state index in [1.165, 1.54) is 0 Å². The highest BCUT2D eigenvalue weighted by Crippen LogP contribution is 2.26. The number of benzene rings is 2. The van der Waals surface area contributed by atoms with E-state index in [0.717, 1.165) is 28.0 Å². The van der Waals surface area contributed by atoms with Gasteiger partial charge in [0.15, 0.2) is 0 Å². The monoisotopic (exact) mass is 299 g/mol. The van der Waals surface area contributed by atoms with Gasteiger partial charge in [-0.15, -0.1) is 0 Å². The minimum absolute atomic E-state index is 0.315. The molecule has 0 aliphatic carbocycles. The Hall–Kier alpha value is -2.33. The van der Waals surface area contributed by atoms with Gasteiger partial charge in [-0.3, -0.25) is 4.79 Å². The van der Waals surface area contributed by atoms with E-state index in [4.69, 9.17) is 15.6 Å². The van der Waals surface area contributed by atoms with Gasteiger partial charge < -0.3 is 15.6 Å². The molecule has 0 aliphatic rings. The number of carboxylic acid groups (broad SMARTS) is 1. The first-order valence-corrected chi connectivity index (χ1v) is 7.22. The number of carbonyl (C=O) groups is 1. The van der Waals surface area contributed by atoms with E-state index in [0.29, 0.717) is 13.0 Å². The SMILES string of the molecule is Cc1cc(CC(N)C(=O)O)cc(C)c1OCc1ccccc1. The minimum atomic E-state index is -0.986. The Morgan fingerprint density at radius 2 is 1.73 bits per heavy atom. The van der Waals surface area contributed by atoms with Crippen molar-refractivity contribution in [3.63, 3.8) is 0 Å². The van der Waals surface area contributed by atoms with Crippen molar-refractivity contribution in [3.8, 4) is 5.75 Å². The van der Waals surface area contributed by atoms with Crippen molar-refractivity contribution >= 4 is 5.97 Å². The molecule has 0 heterocycles. The molecule has 0 saturated heterocycles. The maximum atomic E-state index is 10.9. The predicted molar refractivity (Wildman–Crippen MR) is 86.0 cm³/mol. The summed E-state index contributed by atoms with van der Waals surface area (Å²) in [6.45, 7) is 4.43. The van der Waals surface area contributed by atoms with Gasteiger partial charge in [-0.2, -0.15) is 0 Å². The summed E-state index contributed by atoms with van der Waals surface area (Å²) < 4.78 is 5.91. The second-order valence-corrected chi connectivity index (χ2v) is 5.48. The zero-order valence-electron chi connectivity index (χ0n) is 12.9. The molecule has 0 radical (unpaired) electrons. The first kappa shape index (κ1) is 16.0. The van der Waals surface area contributed by atoms with Crippen LogP contribution in [0.5, 0.6) is 5.75 Å². The Kier molecular flexibility index (Phi) is 5.17. The molecule has 0 amide bonds. The van der Waals surface area contributed by atoms with E-state index in [-0.39, 0.29) is 0 Å². The molecule has 2 aromatic carbocycles. The molecule has 2 aromatic rings. The van der Waals surface area contributed by atoms with E-state index < -0.39 is 12.0 Å². The van der Waals surface area contributed by atoms with Crippen LogP contribution >= 0.6 is 0 Å². The molecule has 0 bridgehead atoms. The summed E-state index contributed by atoms with van der Waals surface area (Å²) in [6.07, 6.45) is 0.315. The number of carboxylic acids is 1. The van der Waals surface area contributed by atoms with Crippen LogP contribution in [0.4, 0.5) is 0 Å². The quantitative estimate of drug-likeness (QED) is 0.860. The van der Waals surface area contributed by atoms with Gasteiger partial charge in [-0.1, -0.05) is 42.5 Å². The Bertz CT molecular complexity index is 630. The van der Waals surface area contributed by atoms with Gasteiger partial charge in [0.05, 0.1) is 0 Å². The summed E-state index contributed by atoms with van der Waals surface area (Å²) in [5.41, 5.74) is 9.59. The van der Waals surface area contributed by atoms with Crippen LogP contribution in [0.2, 0.25) is 0 Å². The van der Waals surface area contributed by atoms with Crippen molar-refractivity contribution in [2.45, 2.75) is 32.9 Å². The number of hydrogen-bond donors (Lipinski definition) is 2. The number of aryl methyl sites for hydroxylation is 2. The van der Waals surface area contributed by atoms with Gasteiger partial charge in [0.1, 0.15) is 18.4 Å². The van der Waals surface area contributed by atoms with Crippen LogP contribution < -0.4 is 10.5 Å². The molecule has 4 heteroatoms. The third-order valence-electron chi connectivity index (χ3n) is 3.52. The maximum absolute atomic E-state index is 10.9. The summed E-state index contributed by atoms with van der Waals surface area (Å²) in [4.78, 5) is 10.9. The fourth-order valence-electron chi connectivity index (χ4n) is 2.46. The molecular formula is C18H21NO3. The molecule has 3 N–H and O–H groups in total. The van der Waals surface area contributed by atoms with E-state index in [2.05, 4.69) is 0 Å². The largest absolute Gasteiger partial charge is 0.488 e. The van der Waals surface area contributed by atoms with Crippen LogP contribution in [0.25, 0.3) is 0 Å². The van der Waals surface area contributed by atoms with Gasteiger partial charge in [0, 0.05) is 0 Å². The molecule has 0 aromatic heterocycles. The first-order valence-electron chi connectivity index (χ1n) is 7.22. The summed E-state index contributed by atoms with van der Waals surface area (Å²) in [7, 11) is 0. The molecule has 116 valence electrons. The van der Waals surface area contributed by atoms with Gasteiger partial charge in [0.2, 0.25) is 0 Å². The second-order valence-electron chi connectivity index (χ2n) is 5.48. The Morgan fingerprint density at radius 1 is 1.14 bits per heavy atom. The molecule has 1 unspecified atom stereocenters. The lowest BCUT2D eigenvalue weighted by atomic mass is 10.0. The van der Waals surface area contributed by atoms with Gasteiger partial charge in [0.25, 0.3) is 0 Å². The molecule has 0 spiro atoms. The van der Waals surface area contributed by atoms with Crippen molar-refractivity contribution in [2.24, 2.45) is 5.73 Å². The van der Waals surface area contributed by atoms with Crippen molar-refractivity contribution in [1.82, 2.24) is 0 Å². The summed E-state index contributed by atoms with van der Waals surface area (Å²) in [5, 5.41) is 8.90. The fourth-order valence-corrected chi connectivity index (χ4v) is 2.46. The Labute approximate surface area is 130 Å². The van der Waals surface area contributed by atoms with Crippen molar-refractivity contribution in [1.29, 1.82) is 0 Å². The standard InChI is InChI=1S/C18H21NO3/c1-12-8-15(10-16(19)18(20)21)9-13(2)17(12)22-11-14-6-4-3-5-7-14/h3-9,16H,10-11,19H2,1-2H3,(H,20,21). The number of hydrogen-bond acceptors (Lipinski definition) is 3. The third-order valence-corrected chi connectivity index (χ3v) is 3.52. The zero-order chi connectivity index (χ0) is 16.1. The molecular weight excluding hydrogens is 278 g/mol. The normalized spacial score (nSPS) is 12.0. The third kappa shape index (κ3) is 4.09. The predicted octanol–water partition coefficient (Wildman–Crippen LogP) is 2.84. The average molecular weight is 299 g/mol. The highest BCUT2D eigenvalue weighted by molar-refractivity contribution is 5.73. The van der Waals surface area contributed by atoms with Crippen LogP contribution in [0.1, 0.15) is 22.3 Å². The van der Waals surface area contributed by atoms with Crippen LogP contribution in [0.3, 0.4) is 0 Å². The minimum Gasteiger partial charge on any atom is -0.488 e. The molecule has 4 nitrogen and oxygen atoms in total. The maximum Gasteiger partial charge on any atom is 0.320 e. The number of aliphatic carboxylic acids is 1. The van der Waals surface area contributed by atoms with Gasteiger partial charge >= 0.3 is 5.97 Å². The summed E-state index contributed by atoms with van der Waals surface area (Å²) in [6, 6.07) is 13.0. The smallest absolute Gasteiger partial charge is 0.320 e.